The number of hydrogen-bond donors (Lipinski definition) is 1. The molecule has 1 rings (SSSR count). The molecular weight excluding hydrogens is 168 g/mol. The lowest BCUT2D eigenvalue weighted by atomic mass is 10.4. The fraction of sp³-hybridized carbons (Fsp3) is 0.375. The first kappa shape index (κ1) is 9.42. The fourth-order valence-corrected chi connectivity index (χ4v) is 0.881. The molecule has 0 spiro atoms. The van der Waals surface area contributed by atoms with Gasteiger partial charge >= 0.3 is 0 Å². The van der Waals surface area contributed by atoms with Crippen molar-refractivity contribution in [3.63, 3.8) is 0 Å². The van der Waals surface area contributed by atoms with Crippen molar-refractivity contribution in [1.82, 2.24) is 9.97 Å². The molecule has 0 atom stereocenters. The van der Waals surface area contributed by atoms with Gasteiger partial charge in [-0.25, -0.2) is 9.97 Å². The second-order valence-electron chi connectivity index (χ2n) is 2.52. The van der Waals surface area contributed by atoms with Crippen molar-refractivity contribution in [2.45, 2.75) is 0 Å². The van der Waals surface area contributed by atoms with E-state index in [-0.39, 0.29) is 6.61 Å². The van der Waals surface area contributed by atoms with Crippen molar-refractivity contribution in [1.29, 1.82) is 5.26 Å². The Kier molecular flexibility index (Phi) is 3.17. The van der Waals surface area contributed by atoms with Gasteiger partial charge in [-0.1, -0.05) is 0 Å². The number of nitrogens with zero attached hydrogens (tertiary/aromatic N) is 4. The highest BCUT2D eigenvalue weighted by atomic mass is 16.3. The number of aliphatic hydroxyl groups excluding tert-OH is 1. The number of hydrogen-bond acceptors (Lipinski definition) is 5. The third kappa shape index (κ3) is 2.39. The fourth-order valence-electron chi connectivity index (χ4n) is 0.881. The maximum atomic E-state index is 8.67. The van der Waals surface area contributed by atoms with Crippen LogP contribution in [-0.4, -0.2) is 35.3 Å². The SMILES string of the molecule is CN(CCO)c1cc(C#N)ncn1. The van der Waals surface area contributed by atoms with Crippen LogP contribution in [0.3, 0.4) is 0 Å². The molecule has 0 aliphatic heterocycles. The first-order valence-corrected chi connectivity index (χ1v) is 3.82. The van der Waals surface area contributed by atoms with E-state index in [9.17, 15) is 0 Å². The number of rotatable bonds is 3. The quantitative estimate of drug-likeness (QED) is 0.692. The van der Waals surface area contributed by atoms with Crippen LogP contribution in [0, 0.1) is 11.3 Å². The first-order valence-electron chi connectivity index (χ1n) is 3.82. The minimum absolute atomic E-state index is 0.0579. The molecule has 0 unspecified atom stereocenters. The second-order valence-corrected chi connectivity index (χ2v) is 2.52. The highest BCUT2D eigenvalue weighted by Gasteiger charge is 2.02. The Morgan fingerprint density at radius 1 is 1.62 bits per heavy atom. The Hall–Kier alpha value is -1.67. The summed E-state index contributed by atoms with van der Waals surface area (Å²) < 4.78 is 0. The zero-order valence-electron chi connectivity index (χ0n) is 7.30. The maximum absolute atomic E-state index is 8.67. The summed E-state index contributed by atoms with van der Waals surface area (Å²) in [6.45, 7) is 0.546. The van der Waals surface area contributed by atoms with Crippen LogP contribution < -0.4 is 4.90 Å². The van der Waals surface area contributed by atoms with Gasteiger partial charge in [0.25, 0.3) is 0 Å². The van der Waals surface area contributed by atoms with E-state index in [0.717, 1.165) is 0 Å². The number of aromatic nitrogens is 2. The van der Waals surface area contributed by atoms with Crippen LogP contribution >= 0.6 is 0 Å². The Morgan fingerprint density at radius 2 is 2.38 bits per heavy atom. The van der Waals surface area contributed by atoms with Gasteiger partial charge in [0, 0.05) is 19.7 Å². The van der Waals surface area contributed by atoms with Crippen molar-refractivity contribution in [2.24, 2.45) is 0 Å². The van der Waals surface area contributed by atoms with Crippen molar-refractivity contribution < 1.29 is 5.11 Å². The Balaban J connectivity index is 2.83. The summed E-state index contributed by atoms with van der Waals surface area (Å²) in [7, 11) is 1.79. The third-order valence-electron chi connectivity index (χ3n) is 1.59. The molecule has 0 aliphatic carbocycles. The highest BCUT2D eigenvalue weighted by Crippen LogP contribution is 2.07. The van der Waals surface area contributed by atoms with E-state index in [1.807, 2.05) is 6.07 Å². The Morgan fingerprint density at radius 3 is 3.00 bits per heavy atom. The highest BCUT2D eigenvalue weighted by molar-refractivity contribution is 5.40. The van der Waals surface area contributed by atoms with Gasteiger partial charge in [-0.05, 0) is 0 Å². The summed E-state index contributed by atoms with van der Waals surface area (Å²) in [5.41, 5.74) is 0.329. The normalized spacial score (nSPS) is 9.31. The molecular formula is C8H10N4O. The van der Waals surface area contributed by atoms with Crippen LogP contribution in [0.25, 0.3) is 0 Å². The minimum atomic E-state index is 0.0579. The molecule has 0 fully saturated rings. The number of anilines is 1. The second kappa shape index (κ2) is 4.38. The zero-order valence-corrected chi connectivity index (χ0v) is 7.30. The molecule has 13 heavy (non-hydrogen) atoms. The van der Waals surface area contributed by atoms with Gasteiger partial charge in [-0.15, -0.1) is 0 Å². The number of nitriles is 1. The van der Waals surface area contributed by atoms with Crippen molar-refractivity contribution in [3.05, 3.63) is 18.1 Å². The molecule has 1 aromatic rings. The summed E-state index contributed by atoms with van der Waals surface area (Å²) in [6.07, 6.45) is 1.34. The predicted molar refractivity (Wildman–Crippen MR) is 47.1 cm³/mol. The van der Waals surface area contributed by atoms with E-state index in [4.69, 9.17) is 10.4 Å². The van der Waals surface area contributed by atoms with Crippen molar-refractivity contribution in [3.8, 4) is 6.07 Å². The molecule has 68 valence electrons. The average Bonchev–Trinajstić information content (AvgIpc) is 2.18. The molecule has 1 aromatic heterocycles. The summed E-state index contributed by atoms with van der Waals surface area (Å²) in [6, 6.07) is 3.50. The van der Waals surface area contributed by atoms with Gasteiger partial charge < -0.3 is 10.0 Å². The van der Waals surface area contributed by atoms with E-state index in [0.29, 0.717) is 18.1 Å². The molecule has 0 saturated heterocycles. The van der Waals surface area contributed by atoms with Gasteiger partial charge in [0.05, 0.1) is 6.61 Å². The summed E-state index contributed by atoms with van der Waals surface area (Å²) in [5, 5.41) is 17.2. The molecule has 0 saturated carbocycles. The van der Waals surface area contributed by atoms with Crippen LogP contribution in [0.5, 0.6) is 0 Å². The van der Waals surface area contributed by atoms with E-state index in [1.165, 1.54) is 6.33 Å². The molecule has 5 nitrogen and oxygen atoms in total. The largest absolute Gasteiger partial charge is 0.395 e. The number of likely N-dealkylation sites (N-methyl/N-ethyl adjacent to an activating group) is 1. The monoisotopic (exact) mass is 178 g/mol. The molecule has 1 N–H and O–H groups in total. The van der Waals surface area contributed by atoms with E-state index < -0.39 is 0 Å². The van der Waals surface area contributed by atoms with Crippen LogP contribution in [0.15, 0.2) is 12.4 Å². The van der Waals surface area contributed by atoms with Crippen molar-refractivity contribution >= 4 is 5.82 Å². The van der Waals surface area contributed by atoms with Gasteiger partial charge in [0.2, 0.25) is 0 Å². The Bertz CT molecular complexity index is 320. The predicted octanol–water partition coefficient (Wildman–Crippen LogP) is -0.223. The maximum Gasteiger partial charge on any atom is 0.145 e. The van der Waals surface area contributed by atoms with Gasteiger partial charge in [0.15, 0.2) is 0 Å². The van der Waals surface area contributed by atoms with E-state index in [2.05, 4.69) is 9.97 Å². The first-order chi connectivity index (χ1) is 6.27. The Labute approximate surface area is 76.3 Å². The van der Waals surface area contributed by atoms with E-state index >= 15 is 0 Å². The van der Waals surface area contributed by atoms with Gasteiger partial charge in [-0.3, -0.25) is 0 Å². The molecule has 0 amide bonds. The lowest BCUT2D eigenvalue weighted by molar-refractivity contribution is 0.304. The average molecular weight is 178 g/mol. The van der Waals surface area contributed by atoms with Crippen LogP contribution in [-0.2, 0) is 0 Å². The topological polar surface area (TPSA) is 73.0 Å². The van der Waals surface area contributed by atoms with Crippen molar-refractivity contribution in [2.75, 3.05) is 25.1 Å². The summed E-state index contributed by atoms with van der Waals surface area (Å²) in [4.78, 5) is 9.45. The lowest BCUT2D eigenvalue weighted by Gasteiger charge is -2.15. The molecule has 0 aromatic carbocycles. The lowest BCUT2D eigenvalue weighted by Crippen LogP contribution is -2.22. The minimum Gasteiger partial charge on any atom is -0.395 e. The third-order valence-corrected chi connectivity index (χ3v) is 1.59. The summed E-state index contributed by atoms with van der Waals surface area (Å²) in [5.74, 6) is 0.639. The molecule has 5 heteroatoms. The molecule has 0 bridgehead atoms. The standard InChI is InChI=1S/C8H10N4O/c1-12(2-3-13)8-4-7(5-9)10-6-11-8/h4,6,13H,2-3H2,1H3. The number of aliphatic hydroxyl groups is 1. The molecule has 0 radical (unpaired) electrons. The molecule has 1 heterocycles. The smallest absolute Gasteiger partial charge is 0.145 e. The van der Waals surface area contributed by atoms with Crippen LogP contribution in [0.2, 0.25) is 0 Å². The van der Waals surface area contributed by atoms with Gasteiger partial charge in [-0.2, -0.15) is 5.26 Å². The molecule has 0 aliphatic rings. The van der Waals surface area contributed by atoms with Gasteiger partial charge in [0.1, 0.15) is 23.9 Å². The zero-order chi connectivity index (χ0) is 9.68. The van der Waals surface area contributed by atoms with Crippen LogP contribution in [0.1, 0.15) is 5.69 Å². The van der Waals surface area contributed by atoms with E-state index in [1.54, 1.807) is 18.0 Å². The van der Waals surface area contributed by atoms with Crippen LogP contribution in [0.4, 0.5) is 5.82 Å². The summed E-state index contributed by atoms with van der Waals surface area (Å²) >= 11 is 0.